The molecule has 19 heavy (non-hydrogen) atoms. The maximum Gasteiger partial charge on any atom is 0.223 e. The summed E-state index contributed by atoms with van der Waals surface area (Å²) in [6, 6.07) is 8.35. The van der Waals surface area contributed by atoms with Crippen molar-refractivity contribution in [3.05, 3.63) is 29.3 Å². The number of fused-ring (bicyclic) bond motifs is 1. The van der Waals surface area contributed by atoms with E-state index in [0.717, 1.165) is 30.6 Å². The van der Waals surface area contributed by atoms with E-state index in [4.69, 9.17) is 5.26 Å². The van der Waals surface area contributed by atoms with Crippen LogP contribution in [0.25, 0.3) is 0 Å². The van der Waals surface area contributed by atoms with Crippen molar-refractivity contribution in [2.45, 2.75) is 38.3 Å². The number of rotatable bonds is 1. The van der Waals surface area contributed by atoms with Crippen LogP contribution in [0.4, 0.5) is 5.69 Å². The van der Waals surface area contributed by atoms with Gasteiger partial charge in [-0.3, -0.25) is 4.79 Å². The molecule has 2 heterocycles. The van der Waals surface area contributed by atoms with Gasteiger partial charge in [0.05, 0.1) is 17.7 Å². The lowest BCUT2D eigenvalue weighted by atomic mass is 9.91. The van der Waals surface area contributed by atoms with E-state index in [9.17, 15) is 4.79 Å². The highest BCUT2D eigenvalue weighted by Crippen LogP contribution is 2.38. The molecule has 0 bridgehead atoms. The van der Waals surface area contributed by atoms with Crippen LogP contribution in [0.1, 0.15) is 43.4 Å². The zero-order valence-electron chi connectivity index (χ0n) is 11.0. The van der Waals surface area contributed by atoms with Crippen LogP contribution in [-0.4, -0.2) is 23.4 Å². The summed E-state index contributed by atoms with van der Waals surface area (Å²) < 4.78 is 0. The van der Waals surface area contributed by atoms with Gasteiger partial charge in [0.1, 0.15) is 0 Å². The van der Waals surface area contributed by atoms with E-state index in [0.29, 0.717) is 18.0 Å². The Morgan fingerprint density at radius 2 is 2.32 bits per heavy atom. The van der Waals surface area contributed by atoms with Crippen molar-refractivity contribution in [1.29, 1.82) is 5.26 Å². The Morgan fingerprint density at radius 1 is 1.47 bits per heavy atom. The third-order valence-electron chi connectivity index (χ3n) is 4.00. The summed E-state index contributed by atoms with van der Waals surface area (Å²) in [5.41, 5.74) is 2.81. The first-order valence-electron chi connectivity index (χ1n) is 6.79. The maximum atomic E-state index is 12.0. The summed E-state index contributed by atoms with van der Waals surface area (Å²) in [5, 5.41) is 12.5. The van der Waals surface area contributed by atoms with Crippen LogP contribution in [0.5, 0.6) is 0 Å². The minimum absolute atomic E-state index is 0.120. The van der Waals surface area contributed by atoms with Gasteiger partial charge in [-0.05, 0) is 43.5 Å². The van der Waals surface area contributed by atoms with Gasteiger partial charge in [-0.15, -0.1) is 0 Å². The lowest BCUT2D eigenvalue weighted by molar-refractivity contribution is -0.130. The van der Waals surface area contributed by atoms with Crippen molar-refractivity contribution in [2.24, 2.45) is 0 Å². The number of anilines is 1. The lowest BCUT2D eigenvalue weighted by Crippen LogP contribution is -2.37. The largest absolute Gasteiger partial charge is 0.382 e. The van der Waals surface area contributed by atoms with Crippen LogP contribution in [0, 0.1) is 11.3 Å². The normalized spacial score (nSPS) is 25.7. The molecule has 0 unspecified atom stereocenters. The highest BCUT2D eigenvalue weighted by Gasteiger charge is 2.34. The molecule has 1 aromatic carbocycles. The van der Waals surface area contributed by atoms with Crippen molar-refractivity contribution >= 4 is 11.6 Å². The summed E-state index contributed by atoms with van der Waals surface area (Å²) >= 11 is 0. The number of nitriles is 1. The van der Waals surface area contributed by atoms with Crippen LogP contribution < -0.4 is 5.32 Å². The van der Waals surface area contributed by atoms with Gasteiger partial charge in [-0.25, -0.2) is 0 Å². The molecule has 3 rings (SSSR count). The summed E-state index contributed by atoms with van der Waals surface area (Å²) in [5.74, 6) is 0.243. The third-order valence-corrected chi connectivity index (χ3v) is 4.00. The number of nitrogens with zero attached hydrogens (tertiary/aromatic N) is 2. The van der Waals surface area contributed by atoms with E-state index in [1.165, 1.54) is 0 Å². The van der Waals surface area contributed by atoms with E-state index >= 15 is 0 Å². The second-order valence-electron chi connectivity index (χ2n) is 5.40. The van der Waals surface area contributed by atoms with Crippen LogP contribution in [-0.2, 0) is 4.79 Å². The Kier molecular flexibility index (Phi) is 2.90. The van der Waals surface area contributed by atoms with Crippen LogP contribution in [0.2, 0.25) is 0 Å². The van der Waals surface area contributed by atoms with Crippen LogP contribution in [0.3, 0.4) is 0 Å². The van der Waals surface area contributed by atoms with Gasteiger partial charge in [0.25, 0.3) is 0 Å². The van der Waals surface area contributed by atoms with Crippen molar-refractivity contribution in [3.8, 4) is 6.07 Å². The second kappa shape index (κ2) is 4.58. The van der Waals surface area contributed by atoms with Gasteiger partial charge in [0.2, 0.25) is 5.91 Å². The molecule has 0 saturated carbocycles. The molecule has 4 heteroatoms. The van der Waals surface area contributed by atoms with Gasteiger partial charge in [0, 0.05) is 24.7 Å². The molecular formula is C15H17N3O. The molecule has 1 saturated heterocycles. The van der Waals surface area contributed by atoms with Gasteiger partial charge < -0.3 is 10.2 Å². The van der Waals surface area contributed by atoms with E-state index in [1.54, 1.807) is 0 Å². The lowest BCUT2D eigenvalue weighted by Gasteiger charge is -2.37. The Hall–Kier alpha value is -2.02. The minimum atomic E-state index is 0.120. The molecule has 1 N–H and O–H groups in total. The van der Waals surface area contributed by atoms with E-state index in [-0.39, 0.29) is 11.9 Å². The first-order chi connectivity index (χ1) is 9.19. The first kappa shape index (κ1) is 12.0. The molecule has 1 amide bonds. The standard InChI is InChI=1S/C15H17N3O/c1-10-7-14(18-6-2-3-15(18)19)12-8-11(9-16)4-5-13(12)17-10/h4-5,8,10,14,17H,2-3,6-7H2,1H3/t10-,14+/m1/s1. The maximum absolute atomic E-state index is 12.0. The average Bonchev–Trinajstić information content (AvgIpc) is 2.83. The monoisotopic (exact) mass is 255 g/mol. The number of carbonyl (C=O) groups excluding carboxylic acids is 1. The molecule has 0 aliphatic carbocycles. The highest BCUT2D eigenvalue weighted by atomic mass is 16.2. The van der Waals surface area contributed by atoms with Crippen molar-refractivity contribution in [3.63, 3.8) is 0 Å². The number of nitrogens with one attached hydrogen (secondary N) is 1. The van der Waals surface area contributed by atoms with E-state index < -0.39 is 0 Å². The Bertz CT molecular complexity index is 561. The summed E-state index contributed by atoms with van der Waals surface area (Å²) in [6.45, 7) is 2.97. The van der Waals surface area contributed by atoms with Crippen LogP contribution in [0.15, 0.2) is 18.2 Å². The predicted octanol–water partition coefficient (Wildman–Crippen LogP) is 2.43. The van der Waals surface area contributed by atoms with E-state index in [1.807, 2.05) is 23.1 Å². The molecule has 98 valence electrons. The first-order valence-corrected chi connectivity index (χ1v) is 6.79. The van der Waals surface area contributed by atoms with Crippen molar-refractivity contribution < 1.29 is 4.79 Å². The van der Waals surface area contributed by atoms with Gasteiger partial charge in [-0.2, -0.15) is 5.26 Å². The zero-order valence-corrected chi connectivity index (χ0v) is 11.0. The van der Waals surface area contributed by atoms with Gasteiger partial charge in [0.15, 0.2) is 0 Å². The van der Waals surface area contributed by atoms with Crippen molar-refractivity contribution in [1.82, 2.24) is 4.90 Å². The molecule has 1 aromatic rings. The highest BCUT2D eigenvalue weighted by molar-refractivity contribution is 5.79. The fourth-order valence-electron chi connectivity index (χ4n) is 3.12. The Labute approximate surface area is 113 Å². The quantitative estimate of drug-likeness (QED) is 0.838. The molecule has 2 aliphatic rings. The molecule has 0 spiro atoms. The second-order valence-corrected chi connectivity index (χ2v) is 5.40. The number of amides is 1. The SMILES string of the molecule is C[C@@H]1C[C@H](N2CCCC2=O)c2cc(C#N)ccc2N1. The molecule has 2 atom stereocenters. The summed E-state index contributed by atoms with van der Waals surface area (Å²) in [4.78, 5) is 14.0. The number of likely N-dealkylation sites (tertiary alicyclic amines) is 1. The summed E-state index contributed by atoms with van der Waals surface area (Å²) in [6.07, 6.45) is 2.52. The number of benzene rings is 1. The molecule has 1 fully saturated rings. The van der Waals surface area contributed by atoms with Gasteiger partial charge in [-0.1, -0.05) is 0 Å². The van der Waals surface area contributed by atoms with E-state index in [2.05, 4.69) is 18.3 Å². The number of hydrogen-bond donors (Lipinski definition) is 1. The third kappa shape index (κ3) is 2.06. The number of carbonyl (C=O) groups is 1. The molecule has 4 nitrogen and oxygen atoms in total. The van der Waals surface area contributed by atoms with Gasteiger partial charge >= 0.3 is 0 Å². The predicted molar refractivity (Wildman–Crippen MR) is 72.5 cm³/mol. The number of hydrogen-bond acceptors (Lipinski definition) is 3. The molecule has 2 aliphatic heterocycles. The fraction of sp³-hybridized carbons (Fsp3) is 0.467. The average molecular weight is 255 g/mol. The summed E-state index contributed by atoms with van der Waals surface area (Å²) in [7, 11) is 0. The molecule has 0 aromatic heterocycles. The Balaban J connectivity index is 2.02. The van der Waals surface area contributed by atoms with Crippen LogP contribution >= 0.6 is 0 Å². The Morgan fingerprint density at radius 3 is 3.00 bits per heavy atom. The molecule has 0 radical (unpaired) electrons. The smallest absolute Gasteiger partial charge is 0.223 e. The molecular weight excluding hydrogens is 238 g/mol. The minimum Gasteiger partial charge on any atom is -0.382 e. The topological polar surface area (TPSA) is 56.1 Å². The van der Waals surface area contributed by atoms with Crippen molar-refractivity contribution in [2.75, 3.05) is 11.9 Å². The zero-order chi connectivity index (χ0) is 13.4. The fourth-order valence-corrected chi connectivity index (χ4v) is 3.12.